The summed E-state index contributed by atoms with van der Waals surface area (Å²) in [6, 6.07) is 6.64. The second-order valence-corrected chi connectivity index (χ2v) is 15.0. The molecule has 0 aromatic heterocycles. The Kier molecular flexibility index (Phi) is 19.1. The Morgan fingerprint density at radius 2 is 1.54 bits per heavy atom. The van der Waals surface area contributed by atoms with Gasteiger partial charge in [-0.25, -0.2) is 8.98 Å². The third-order valence-corrected chi connectivity index (χ3v) is 10.6. The van der Waals surface area contributed by atoms with Crippen LogP contribution in [0.5, 0.6) is 0 Å². The number of rotatable bonds is 25. The maximum atomic E-state index is 12.6. The van der Waals surface area contributed by atoms with E-state index >= 15 is 0 Å². The van der Waals surface area contributed by atoms with Crippen LogP contribution < -0.4 is 5.32 Å². The highest BCUT2D eigenvalue weighted by molar-refractivity contribution is 8.03. The number of nitrogens with zero attached hydrogens (tertiary/aromatic N) is 1. The molecule has 1 amide bonds. The first kappa shape index (κ1) is 38.7. The van der Waals surface area contributed by atoms with Crippen molar-refractivity contribution in [1.82, 2.24) is 10.2 Å². The van der Waals surface area contributed by atoms with E-state index in [1.165, 1.54) is 88.8 Å². The predicted octanol–water partition coefficient (Wildman–Crippen LogP) is 8.62. The number of hydrogen-bond acceptors (Lipinski definition) is 9. The summed E-state index contributed by atoms with van der Waals surface area (Å²) < 4.78 is 47.8. The van der Waals surface area contributed by atoms with Crippen LogP contribution in [-0.4, -0.2) is 63.7 Å². The van der Waals surface area contributed by atoms with E-state index in [1.54, 1.807) is 24.3 Å². The Morgan fingerprint density at radius 3 is 2.22 bits per heavy atom. The van der Waals surface area contributed by atoms with E-state index < -0.39 is 21.8 Å². The number of ether oxygens (including phenoxy) is 3. The molecule has 11 heteroatoms. The predicted molar refractivity (Wildman–Crippen MR) is 185 cm³/mol. The van der Waals surface area contributed by atoms with Gasteiger partial charge in [-0.05, 0) is 56.6 Å². The van der Waals surface area contributed by atoms with E-state index in [1.807, 2.05) is 23.4 Å². The maximum absolute atomic E-state index is 12.6. The van der Waals surface area contributed by atoms with Crippen LogP contribution in [0, 0.1) is 6.92 Å². The second-order valence-electron chi connectivity index (χ2n) is 12.5. The standard InChI is InChI=1S/C35H58N2O7S2/c1-3-4-5-6-7-8-9-10-11-12-13-14-16-19-33-41-28-31(43-33)29-42-34(38)36-24-17-15-18-25-37-26-27-45-35(37)44-46(39,40)32-22-20-30(2)21-23-32/h20-23,26-27,31,33,35H,3-19,24-25,28-29H2,1-2H3,(H,36,38). The van der Waals surface area contributed by atoms with Gasteiger partial charge in [0, 0.05) is 19.3 Å². The van der Waals surface area contributed by atoms with Crippen molar-refractivity contribution in [1.29, 1.82) is 0 Å². The maximum Gasteiger partial charge on any atom is 0.407 e. The molecule has 2 heterocycles. The zero-order valence-corrected chi connectivity index (χ0v) is 29.8. The van der Waals surface area contributed by atoms with E-state index in [2.05, 4.69) is 12.2 Å². The molecule has 3 unspecified atom stereocenters. The van der Waals surface area contributed by atoms with Gasteiger partial charge in [0.15, 0.2) is 6.29 Å². The summed E-state index contributed by atoms with van der Waals surface area (Å²) in [5, 5.41) is 4.64. The molecule has 0 radical (unpaired) electrons. The van der Waals surface area contributed by atoms with E-state index in [9.17, 15) is 13.2 Å². The molecule has 262 valence electrons. The van der Waals surface area contributed by atoms with Crippen molar-refractivity contribution < 1.29 is 31.6 Å². The SMILES string of the molecule is CCCCCCCCCCCCCCCC1OCC(COC(=O)NCCCCCN2C=CSC2OS(=O)(=O)c2ccc(C)cc2)O1. The lowest BCUT2D eigenvalue weighted by atomic mass is 10.0. The summed E-state index contributed by atoms with van der Waals surface area (Å²) in [7, 11) is -3.85. The Labute approximate surface area is 282 Å². The number of unbranched alkanes of at least 4 members (excludes halogenated alkanes) is 14. The van der Waals surface area contributed by atoms with Crippen molar-refractivity contribution in [2.75, 3.05) is 26.3 Å². The average Bonchev–Trinajstić information content (AvgIpc) is 3.69. The number of hydrogen-bond donors (Lipinski definition) is 1. The molecule has 1 aromatic carbocycles. The Balaban J connectivity index is 1.12. The highest BCUT2D eigenvalue weighted by Gasteiger charge is 2.28. The van der Waals surface area contributed by atoms with E-state index in [0.29, 0.717) is 19.7 Å². The first-order valence-corrected chi connectivity index (χ1v) is 20.0. The summed E-state index contributed by atoms with van der Waals surface area (Å²) in [6.07, 6.45) is 21.7. The molecule has 2 aliphatic rings. The molecule has 0 spiro atoms. The van der Waals surface area contributed by atoms with Crippen LogP contribution in [-0.2, 0) is 28.5 Å². The fourth-order valence-electron chi connectivity index (χ4n) is 5.54. The molecule has 9 nitrogen and oxygen atoms in total. The van der Waals surface area contributed by atoms with Gasteiger partial charge in [-0.3, -0.25) is 0 Å². The summed E-state index contributed by atoms with van der Waals surface area (Å²) in [6.45, 7) is 5.98. The van der Waals surface area contributed by atoms with Crippen molar-refractivity contribution >= 4 is 28.0 Å². The quantitative estimate of drug-likeness (QED) is 0.0802. The van der Waals surface area contributed by atoms with Crippen LogP contribution in [0.4, 0.5) is 4.79 Å². The Morgan fingerprint density at radius 1 is 0.913 bits per heavy atom. The number of benzene rings is 1. The van der Waals surface area contributed by atoms with Crippen LogP contribution in [0.1, 0.15) is 122 Å². The Hall–Kier alpha value is -1.79. The van der Waals surface area contributed by atoms with Crippen molar-refractivity contribution in [3.8, 4) is 0 Å². The molecule has 0 aliphatic carbocycles. The second kappa shape index (κ2) is 22.7. The number of aryl methyl sites for hydroxylation is 1. The van der Waals surface area contributed by atoms with Gasteiger partial charge in [0.05, 0.1) is 11.5 Å². The van der Waals surface area contributed by atoms with Crippen LogP contribution in [0.15, 0.2) is 40.8 Å². The fourth-order valence-corrected chi connectivity index (χ4v) is 7.63. The lowest BCUT2D eigenvalue weighted by molar-refractivity contribution is -0.0709. The minimum Gasteiger partial charge on any atom is -0.447 e. The van der Waals surface area contributed by atoms with Crippen molar-refractivity contribution in [2.24, 2.45) is 0 Å². The molecular weight excluding hydrogens is 625 g/mol. The third kappa shape index (κ3) is 15.9. The fraction of sp³-hybridized carbons (Fsp3) is 0.743. The van der Waals surface area contributed by atoms with E-state index in [-0.39, 0.29) is 23.9 Å². The van der Waals surface area contributed by atoms with Gasteiger partial charge in [-0.1, -0.05) is 113 Å². The summed E-state index contributed by atoms with van der Waals surface area (Å²) in [5.74, 6) is 0. The molecule has 1 N–H and O–H groups in total. The summed E-state index contributed by atoms with van der Waals surface area (Å²) in [4.78, 5) is 14.2. The molecule has 0 bridgehead atoms. The largest absolute Gasteiger partial charge is 0.447 e. The first-order chi connectivity index (χ1) is 22.4. The lowest BCUT2D eigenvalue weighted by Gasteiger charge is -2.24. The zero-order valence-electron chi connectivity index (χ0n) is 28.2. The molecule has 2 aliphatic heterocycles. The van der Waals surface area contributed by atoms with Gasteiger partial charge in [0.25, 0.3) is 10.1 Å². The normalized spacial score (nSPS) is 19.6. The monoisotopic (exact) mass is 682 g/mol. The van der Waals surface area contributed by atoms with E-state index in [0.717, 1.165) is 37.7 Å². The lowest BCUT2D eigenvalue weighted by Crippen LogP contribution is -2.31. The zero-order chi connectivity index (χ0) is 32.9. The van der Waals surface area contributed by atoms with Crippen molar-refractivity contribution in [3.05, 3.63) is 41.4 Å². The van der Waals surface area contributed by atoms with Gasteiger partial charge < -0.3 is 24.4 Å². The molecule has 46 heavy (non-hydrogen) atoms. The minimum absolute atomic E-state index is 0.153. The number of carbonyl (C=O) groups excluding carboxylic acids is 1. The number of nitrogens with one attached hydrogen (secondary N) is 1. The minimum atomic E-state index is -3.85. The molecule has 1 aromatic rings. The summed E-state index contributed by atoms with van der Waals surface area (Å²) in [5.41, 5.74) is 0.372. The average molecular weight is 683 g/mol. The number of amides is 1. The van der Waals surface area contributed by atoms with Crippen LogP contribution in [0.2, 0.25) is 0 Å². The van der Waals surface area contributed by atoms with Crippen molar-refractivity contribution in [2.45, 2.75) is 146 Å². The molecular formula is C35H58N2O7S2. The van der Waals surface area contributed by atoms with E-state index in [4.69, 9.17) is 18.4 Å². The van der Waals surface area contributed by atoms with Gasteiger partial charge in [0.1, 0.15) is 12.7 Å². The van der Waals surface area contributed by atoms with Crippen LogP contribution in [0.25, 0.3) is 0 Å². The highest BCUT2D eigenvalue weighted by Crippen LogP contribution is 2.30. The van der Waals surface area contributed by atoms with Crippen molar-refractivity contribution in [3.63, 3.8) is 0 Å². The first-order valence-electron chi connectivity index (χ1n) is 17.6. The molecule has 0 saturated carbocycles. The third-order valence-electron chi connectivity index (χ3n) is 8.36. The molecule has 1 fully saturated rings. The highest BCUT2D eigenvalue weighted by atomic mass is 32.2. The number of alkyl carbamates (subject to hydrolysis) is 1. The Bertz CT molecular complexity index is 1100. The smallest absolute Gasteiger partial charge is 0.407 e. The number of carbonyl (C=O) groups is 1. The van der Waals surface area contributed by atoms with Gasteiger partial charge >= 0.3 is 6.09 Å². The molecule has 1 saturated heterocycles. The number of thioether (sulfide) groups is 1. The van der Waals surface area contributed by atoms with Gasteiger partial charge in [-0.2, -0.15) is 8.42 Å². The summed E-state index contributed by atoms with van der Waals surface area (Å²) >= 11 is 1.33. The van der Waals surface area contributed by atoms with Crippen LogP contribution >= 0.6 is 11.8 Å². The van der Waals surface area contributed by atoms with Gasteiger partial charge in [-0.15, -0.1) is 0 Å². The molecule has 3 atom stereocenters. The topological polar surface area (TPSA) is 103 Å². The molecule has 3 rings (SSSR count). The van der Waals surface area contributed by atoms with Crippen LogP contribution in [0.3, 0.4) is 0 Å². The van der Waals surface area contributed by atoms with Gasteiger partial charge in [0.2, 0.25) is 5.56 Å².